The van der Waals surface area contributed by atoms with Gasteiger partial charge in [-0.25, -0.2) is 4.79 Å². The summed E-state index contributed by atoms with van der Waals surface area (Å²) in [5.74, 6) is -0.516. The highest BCUT2D eigenvalue weighted by Gasteiger charge is 2.14. The lowest BCUT2D eigenvalue weighted by molar-refractivity contribution is 0.0499. The number of hydrogen-bond acceptors (Lipinski definition) is 3. The van der Waals surface area contributed by atoms with Crippen LogP contribution in [-0.4, -0.2) is 18.5 Å². The molecule has 2 rings (SSSR count). The van der Waals surface area contributed by atoms with Crippen LogP contribution < -0.4 is 5.32 Å². The van der Waals surface area contributed by atoms with Crippen molar-refractivity contribution < 1.29 is 14.3 Å². The van der Waals surface area contributed by atoms with E-state index in [9.17, 15) is 9.59 Å². The van der Waals surface area contributed by atoms with E-state index in [0.29, 0.717) is 23.4 Å². The maximum atomic E-state index is 12.4. The second-order valence-electron chi connectivity index (χ2n) is 7.35. The molecule has 1 amide bonds. The normalized spacial score (nSPS) is 11.1. The summed E-state index contributed by atoms with van der Waals surface area (Å²) in [7, 11) is 0. The SMILES string of the molecule is CCCCOC(=O)c1ccc(NC(=O)c2ccc(C(C)(C)C)cc2)cc1. The fourth-order valence-electron chi connectivity index (χ4n) is 2.41. The van der Waals surface area contributed by atoms with Gasteiger partial charge in [-0.05, 0) is 53.8 Å². The van der Waals surface area contributed by atoms with E-state index in [0.717, 1.165) is 12.8 Å². The van der Waals surface area contributed by atoms with Crippen LogP contribution in [0.25, 0.3) is 0 Å². The third-order valence-electron chi connectivity index (χ3n) is 4.12. The van der Waals surface area contributed by atoms with E-state index >= 15 is 0 Å². The van der Waals surface area contributed by atoms with E-state index in [-0.39, 0.29) is 17.3 Å². The molecule has 0 aliphatic carbocycles. The van der Waals surface area contributed by atoms with E-state index < -0.39 is 0 Å². The number of benzene rings is 2. The van der Waals surface area contributed by atoms with Crippen molar-refractivity contribution in [2.45, 2.75) is 46.0 Å². The number of esters is 1. The Morgan fingerprint density at radius 3 is 2.04 bits per heavy atom. The predicted molar refractivity (Wildman–Crippen MR) is 105 cm³/mol. The van der Waals surface area contributed by atoms with E-state index in [1.807, 2.05) is 31.2 Å². The standard InChI is InChI=1S/C22H27NO3/c1-5-6-15-26-21(25)17-9-13-19(14-10-17)23-20(24)16-7-11-18(12-8-16)22(2,3)4/h7-14H,5-6,15H2,1-4H3,(H,23,24). The van der Waals surface area contributed by atoms with Gasteiger partial charge in [0, 0.05) is 11.3 Å². The zero-order valence-electron chi connectivity index (χ0n) is 16.0. The predicted octanol–water partition coefficient (Wildman–Crippen LogP) is 5.19. The van der Waals surface area contributed by atoms with Gasteiger partial charge in [0.15, 0.2) is 0 Å². The zero-order valence-corrected chi connectivity index (χ0v) is 16.0. The number of unbranched alkanes of at least 4 members (excludes halogenated alkanes) is 1. The maximum Gasteiger partial charge on any atom is 0.338 e. The van der Waals surface area contributed by atoms with Gasteiger partial charge in [-0.15, -0.1) is 0 Å². The third-order valence-corrected chi connectivity index (χ3v) is 4.12. The molecule has 0 radical (unpaired) electrons. The molecule has 0 heterocycles. The molecular weight excluding hydrogens is 326 g/mol. The van der Waals surface area contributed by atoms with Crippen molar-refractivity contribution in [1.82, 2.24) is 0 Å². The molecule has 4 heteroatoms. The van der Waals surface area contributed by atoms with Crippen LogP contribution in [0.3, 0.4) is 0 Å². The van der Waals surface area contributed by atoms with Crippen LogP contribution in [0, 0.1) is 0 Å². The van der Waals surface area contributed by atoms with E-state index in [4.69, 9.17) is 4.74 Å². The minimum absolute atomic E-state index is 0.0522. The number of carbonyl (C=O) groups is 2. The minimum Gasteiger partial charge on any atom is -0.462 e. The van der Waals surface area contributed by atoms with Crippen LogP contribution in [0.4, 0.5) is 5.69 Å². The second kappa shape index (κ2) is 8.65. The first kappa shape index (κ1) is 19.7. The summed E-state index contributed by atoms with van der Waals surface area (Å²) in [5.41, 5.74) is 2.95. The van der Waals surface area contributed by atoms with Crippen LogP contribution in [-0.2, 0) is 10.2 Å². The van der Waals surface area contributed by atoms with Crippen LogP contribution in [0.1, 0.15) is 66.8 Å². The van der Waals surface area contributed by atoms with Crippen molar-refractivity contribution in [3.8, 4) is 0 Å². The quantitative estimate of drug-likeness (QED) is 0.574. The summed E-state index contributed by atoms with van der Waals surface area (Å²) in [6, 6.07) is 14.3. The molecule has 0 aliphatic heterocycles. The average Bonchev–Trinajstić information content (AvgIpc) is 2.62. The lowest BCUT2D eigenvalue weighted by Gasteiger charge is -2.19. The number of anilines is 1. The average molecular weight is 353 g/mol. The fraction of sp³-hybridized carbons (Fsp3) is 0.364. The molecule has 0 aromatic heterocycles. The van der Waals surface area contributed by atoms with Crippen LogP contribution in [0.2, 0.25) is 0 Å². The molecule has 26 heavy (non-hydrogen) atoms. The molecule has 0 saturated heterocycles. The van der Waals surface area contributed by atoms with Gasteiger partial charge in [-0.1, -0.05) is 46.2 Å². The lowest BCUT2D eigenvalue weighted by Crippen LogP contribution is -2.14. The number of carbonyl (C=O) groups excluding carboxylic acids is 2. The van der Waals surface area contributed by atoms with Gasteiger partial charge in [0.05, 0.1) is 12.2 Å². The smallest absolute Gasteiger partial charge is 0.338 e. The first-order valence-corrected chi connectivity index (χ1v) is 9.00. The minimum atomic E-state index is -0.339. The molecule has 2 aromatic rings. The molecule has 0 fully saturated rings. The molecule has 0 spiro atoms. The Morgan fingerprint density at radius 2 is 1.50 bits per heavy atom. The molecule has 1 N–H and O–H groups in total. The van der Waals surface area contributed by atoms with E-state index in [1.54, 1.807) is 24.3 Å². The highest BCUT2D eigenvalue weighted by Crippen LogP contribution is 2.22. The molecular formula is C22H27NO3. The Hall–Kier alpha value is -2.62. The highest BCUT2D eigenvalue weighted by molar-refractivity contribution is 6.04. The van der Waals surface area contributed by atoms with E-state index in [1.165, 1.54) is 5.56 Å². The van der Waals surface area contributed by atoms with Crippen molar-refractivity contribution in [1.29, 1.82) is 0 Å². The molecule has 138 valence electrons. The van der Waals surface area contributed by atoms with Crippen molar-refractivity contribution in [3.63, 3.8) is 0 Å². The summed E-state index contributed by atoms with van der Waals surface area (Å²) < 4.78 is 5.17. The number of ether oxygens (including phenoxy) is 1. The molecule has 0 atom stereocenters. The maximum absolute atomic E-state index is 12.4. The van der Waals surface area contributed by atoms with Crippen molar-refractivity contribution in [2.24, 2.45) is 0 Å². The van der Waals surface area contributed by atoms with Crippen molar-refractivity contribution >= 4 is 17.6 Å². The van der Waals surface area contributed by atoms with Gasteiger partial charge < -0.3 is 10.1 Å². The Labute approximate surface area is 155 Å². The lowest BCUT2D eigenvalue weighted by atomic mass is 9.87. The number of hydrogen-bond donors (Lipinski definition) is 1. The van der Waals surface area contributed by atoms with Crippen LogP contribution >= 0.6 is 0 Å². The summed E-state index contributed by atoms with van der Waals surface area (Å²) in [5, 5.41) is 2.84. The van der Waals surface area contributed by atoms with Crippen LogP contribution in [0.15, 0.2) is 48.5 Å². The summed E-state index contributed by atoms with van der Waals surface area (Å²) in [6.45, 7) is 8.88. The molecule has 4 nitrogen and oxygen atoms in total. The molecule has 0 saturated carbocycles. The number of nitrogens with one attached hydrogen (secondary N) is 1. The van der Waals surface area contributed by atoms with Gasteiger partial charge >= 0.3 is 5.97 Å². The van der Waals surface area contributed by atoms with Crippen molar-refractivity contribution in [3.05, 3.63) is 65.2 Å². The fourth-order valence-corrected chi connectivity index (χ4v) is 2.41. The number of rotatable bonds is 6. The van der Waals surface area contributed by atoms with Crippen molar-refractivity contribution in [2.75, 3.05) is 11.9 Å². The topological polar surface area (TPSA) is 55.4 Å². The van der Waals surface area contributed by atoms with Gasteiger partial charge in [-0.2, -0.15) is 0 Å². The Morgan fingerprint density at radius 1 is 0.923 bits per heavy atom. The van der Waals surface area contributed by atoms with Gasteiger partial charge in [-0.3, -0.25) is 4.79 Å². The molecule has 0 unspecified atom stereocenters. The van der Waals surface area contributed by atoms with Crippen LogP contribution in [0.5, 0.6) is 0 Å². The van der Waals surface area contributed by atoms with Gasteiger partial charge in [0.25, 0.3) is 5.91 Å². The molecule has 0 aliphatic rings. The largest absolute Gasteiger partial charge is 0.462 e. The summed E-state index contributed by atoms with van der Waals surface area (Å²) in [6.07, 6.45) is 1.84. The zero-order chi connectivity index (χ0) is 19.2. The first-order valence-electron chi connectivity index (χ1n) is 9.00. The molecule has 0 bridgehead atoms. The number of amides is 1. The third kappa shape index (κ3) is 5.45. The Kier molecular flexibility index (Phi) is 6.56. The van der Waals surface area contributed by atoms with E-state index in [2.05, 4.69) is 26.1 Å². The summed E-state index contributed by atoms with van der Waals surface area (Å²) in [4.78, 5) is 24.2. The second-order valence-corrected chi connectivity index (χ2v) is 7.35. The monoisotopic (exact) mass is 353 g/mol. The van der Waals surface area contributed by atoms with Gasteiger partial charge in [0.1, 0.15) is 0 Å². The Balaban J connectivity index is 1.98. The molecule has 2 aromatic carbocycles. The first-order chi connectivity index (χ1) is 12.3. The van der Waals surface area contributed by atoms with Gasteiger partial charge in [0.2, 0.25) is 0 Å². The summed E-state index contributed by atoms with van der Waals surface area (Å²) >= 11 is 0. The highest BCUT2D eigenvalue weighted by atomic mass is 16.5. The Bertz CT molecular complexity index is 740.